The number of hydrogen-bond acceptors (Lipinski definition) is 4. The molecule has 0 N–H and O–H groups in total. The van der Waals surface area contributed by atoms with Crippen molar-refractivity contribution in [3.63, 3.8) is 0 Å². The van der Waals surface area contributed by atoms with Gasteiger partial charge in [-0.15, -0.1) is 0 Å². The predicted molar refractivity (Wildman–Crippen MR) is 46.3 cm³/mol. The van der Waals surface area contributed by atoms with E-state index in [1.54, 1.807) is 6.20 Å². The normalized spacial score (nSPS) is 18.8. The Kier molecular flexibility index (Phi) is 2.73. The minimum atomic E-state index is -0.401. The van der Waals surface area contributed by atoms with E-state index >= 15 is 0 Å². The SMILES string of the molecule is Clc1ncncc1C1OCCCO1. The summed E-state index contributed by atoms with van der Waals surface area (Å²) < 4.78 is 10.7. The van der Waals surface area contributed by atoms with Gasteiger partial charge in [0.1, 0.15) is 11.5 Å². The first-order chi connectivity index (χ1) is 6.38. The quantitative estimate of drug-likeness (QED) is 0.646. The fourth-order valence-corrected chi connectivity index (χ4v) is 1.33. The van der Waals surface area contributed by atoms with Crippen LogP contribution in [0.5, 0.6) is 0 Å². The first-order valence-electron chi connectivity index (χ1n) is 4.06. The van der Waals surface area contributed by atoms with Gasteiger partial charge in [0.15, 0.2) is 6.29 Å². The number of aromatic nitrogens is 2. The lowest BCUT2D eigenvalue weighted by atomic mass is 10.3. The zero-order valence-corrected chi connectivity index (χ0v) is 7.70. The number of rotatable bonds is 1. The highest BCUT2D eigenvalue weighted by molar-refractivity contribution is 6.30. The molecule has 1 aromatic heterocycles. The summed E-state index contributed by atoms with van der Waals surface area (Å²) in [6.07, 6.45) is 3.53. The molecule has 0 aromatic carbocycles. The summed E-state index contributed by atoms with van der Waals surface area (Å²) in [5.74, 6) is 0. The fraction of sp³-hybridized carbons (Fsp3) is 0.500. The van der Waals surface area contributed by atoms with Crippen LogP contribution >= 0.6 is 11.6 Å². The van der Waals surface area contributed by atoms with Crippen molar-refractivity contribution in [1.82, 2.24) is 9.97 Å². The molecule has 5 heteroatoms. The first kappa shape index (κ1) is 8.87. The molecule has 13 heavy (non-hydrogen) atoms. The van der Waals surface area contributed by atoms with Crippen molar-refractivity contribution in [2.24, 2.45) is 0 Å². The van der Waals surface area contributed by atoms with Gasteiger partial charge in [0, 0.05) is 6.20 Å². The monoisotopic (exact) mass is 200 g/mol. The summed E-state index contributed by atoms with van der Waals surface area (Å²) in [6, 6.07) is 0. The molecule has 1 fully saturated rings. The maximum Gasteiger partial charge on any atom is 0.188 e. The third-order valence-electron chi connectivity index (χ3n) is 1.77. The molecule has 0 aliphatic carbocycles. The van der Waals surface area contributed by atoms with Gasteiger partial charge in [0.25, 0.3) is 0 Å². The Morgan fingerprint density at radius 3 is 2.85 bits per heavy atom. The highest BCUT2D eigenvalue weighted by Crippen LogP contribution is 2.26. The van der Waals surface area contributed by atoms with Gasteiger partial charge in [-0.3, -0.25) is 0 Å². The van der Waals surface area contributed by atoms with Crippen LogP contribution < -0.4 is 0 Å². The Hall–Kier alpha value is -0.710. The van der Waals surface area contributed by atoms with E-state index in [-0.39, 0.29) is 0 Å². The minimum absolute atomic E-state index is 0.391. The van der Waals surface area contributed by atoms with Gasteiger partial charge in [-0.25, -0.2) is 9.97 Å². The van der Waals surface area contributed by atoms with E-state index in [0.717, 1.165) is 6.42 Å². The molecule has 0 saturated carbocycles. The Bertz CT molecular complexity index is 289. The summed E-state index contributed by atoms with van der Waals surface area (Å²) in [7, 11) is 0. The Balaban J connectivity index is 2.18. The molecule has 1 aromatic rings. The summed E-state index contributed by atoms with van der Waals surface area (Å²) in [6.45, 7) is 1.38. The average Bonchev–Trinajstić information content (AvgIpc) is 2.20. The largest absolute Gasteiger partial charge is 0.348 e. The molecule has 0 spiro atoms. The number of ether oxygens (including phenoxy) is 2. The zero-order chi connectivity index (χ0) is 9.10. The lowest BCUT2D eigenvalue weighted by Crippen LogP contribution is -2.18. The summed E-state index contributed by atoms with van der Waals surface area (Å²) in [5, 5.41) is 0.391. The van der Waals surface area contributed by atoms with E-state index < -0.39 is 6.29 Å². The van der Waals surface area contributed by atoms with Crippen molar-refractivity contribution in [1.29, 1.82) is 0 Å². The van der Waals surface area contributed by atoms with Crippen LogP contribution in [0, 0.1) is 0 Å². The molecule has 0 unspecified atom stereocenters. The van der Waals surface area contributed by atoms with Crippen LogP contribution in [0.3, 0.4) is 0 Å². The van der Waals surface area contributed by atoms with Crippen molar-refractivity contribution in [3.05, 3.63) is 23.2 Å². The zero-order valence-electron chi connectivity index (χ0n) is 6.94. The van der Waals surface area contributed by atoms with Gasteiger partial charge in [-0.2, -0.15) is 0 Å². The van der Waals surface area contributed by atoms with Crippen LogP contribution in [0.25, 0.3) is 0 Å². The second kappa shape index (κ2) is 4.00. The van der Waals surface area contributed by atoms with Gasteiger partial charge in [0.05, 0.1) is 18.8 Å². The van der Waals surface area contributed by atoms with Gasteiger partial charge < -0.3 is 9.47 Å². The van der Waals surface area contributed by atoms with E-state index in [4.69, 9.17) is 21.1 Å². The summed E-state index contributed by atoms with van der Waals surface area (Å²) in [4.78, 5) is 7.71. The Morgan fingerprint density at radius 2 is 2.15 bits per heavy atom. The summed E-state index contributed by atoms with van der Waals surface area (Å²) >= 11 is 5.85. The van der Waals surface area contributed by atoms with Crippen LogP contribution in [-0.4, -0.2) is 23.2 Å². The minimum Gasteiger partial charge on any atom is -0.348 e. The van der Waals surface area contributed by atoms with Gasteiger partial charge >= 0.3 is 0 Å². The molecular formula is C8H9ClN2O2. The highest BCUT2D eigenvalue weighted by Gasteiger charge is 2.19. The summed E-state index contributed by atoms with van der Waals surface area (Å²) in [5.41, 5.74) is 0.698. The van der Waals surface area contributed by atoms with E-state index in [9.17, 15) is 0 Å². The highest BCUT2D eigenvalue weighted by atomic mass is 35.5. The van der Waals surface area contributed by atoms with E-state index in [1.165, 1.54) is 6.33 Å². The van der Waals surface area contributed by atoms with Crippen LogP contribution in [0.2, 0.25) is 5.15 Å². The molecular weight excluding hydrogens is 192 g/mol. The molecule has 2 heterocycles. The smallest absolute Gasteiger partial charge is 0.188 e. The number of hydrogen-bond donors (Lipinski definition) is 0. The topological polar surface area (TPSA) is 44.2 Å². The van der Waals surface area contributed by atoms with E-state index in [0.29, 0.717) is 23.9 Å². The maximum atomic E-state index is 5.85. The van der Waals surface area contributed by atoms with Crippen LogP contribution in [0.1, 0.15) is 18.3 Å². The van der Waals surface area contributed by atoms with Crippen LogP contribution in [0.4, 0.5) is 0 Å². The van der Waals surface area contributed by atoms with Crippen molar-refractivity contribution in [2.45, 2.75) is 12.7 Å². The molecule has 1 aliphatic rings. The van der Waals surface area contributed by atoms with Crippen molar-refractivity contribution in [2.75, 3.05) is 13.2 Å². The standard InChI is InChI=1S/C8H9ClN2O2/c9-7-6(4-10-5-11-7)8-12-2-1-3-13-8/h4-5,8H,1-3H2. The molecule has 1 aliphatic heterocycles. The van der Waals surface area contributed by atoms with Gasteiger partial charge in [-0.1, -0.05) is 11.6 Å². The molecule has 70 valence electrons. The molecule has 4 nitrogen and oxygen atoms in total. The average molecular weight is 201 g/mol. The van der Waals surface area contributed by atoms with Gasteiger partial charge in [0.2, 0.25) is 0 Å². The molecule has 2 rings (SSSR count). The van der Waals surface area contributed by atoms with Crippen molar-refractivity contribution >= 4 is 11.6 Å². The Labute approximate surface area is 80.9 Å². The second-order valence-electron chi connectivity index (χ2n) is 2.70. The first-order valence-corrected chi connectivity index (χ1v) is 4.44. The van der Waals surface area contributed by atoms with Crippen LogP contribution in [-0.2, 0) is 9.47 Å². The second-order valence-corrected chi connectivity index (χ2v) is 3.05. The molecule has 0 radical (unpaired) electrons. The Morgan fingerprint density at radius 1 is 1.38 bits per heavy atom. The number of nitrogens with zero attached hydrogens (tertiary/aromatic N) is 2. The lowest BCUT2D eigenvalue weighted by Gasteiger charge is -2.23. The third-order valence-corrected chi connectivity index (χ3v) is 2.09. The van der Waals surface area contributed by atoms with Crippen molar-refractivity contribution in [3.8, 4) is 0 Å². The molecule has 0 amide bonds. The van der Waals surface area contributed by atoms with E-state index in [1.807, 2.05) is 0 Å². The van der Waals surface area contributed by atoms with Gasteiger partial charge in [-0.05, 0) is 6.42 Å². The third kappa shape index (κ3) is 1.96. The molecule has 0 atom stereocenters. The van der Waals surface area contributed by atoms with Crippen molar-refractivity contribution < 1.29 is 9.47 Å². The molecule has 0 bridgehead atoms. The maximum absolute atomic E-state index is 5.85. The lowest BCUT2D eigenvalue weighted by molar-refractivity contribution is -0.183. The number of halogens is 1. The fourth-order valence-electron chi connectivity index (χ4n) is 1.15. The van der Waals surface area contributed by atoms with E-state index in [2.05, 4.69) is 9.97 Å². The van der Waals surface area contributed by atoms with Crippen LogP contribution in [0.15, 0.2) is 12.5 Å². The molecule has 1 saturated heterocycles. The predicted octanol–water partition coefficient (Wildman–Crippen LogP) is 1.57.